The molecule has 0 unspecified atom stereocenters. The fourth-order valence-corrected chi connectivity index (χ4v) is 4.31. The number of ether oxygens (including phenoxy) is 2. The zero-order valence-electron chi connectivity index (χ0n) is 18.0. The van der Waals surface area contributed by atoms with Crippen molar-refractivity contribution in [3.05, 3.63) is 52.8 Å². The predicted molar refractivity (Wildman–Crippen MR) is 123 cm³/mol. The standard InChI is InChI=1S/C24H30N2O3S/c1-4-7-8-16-29-19-11-9-18(10-12-19)23(27)25-24-26(15-5-2)21-14-13-20(28-6-3)17-22(21)30-24/h9-14,17H,4-8,15-16H2,1-3H3. The van der Waals surface area contributed by atoms with Crippen LogP contribution >= 0.6 is 11.3 Å². The lowest BCUT2D eigenvalue weighted by atomic mass is 10.2. The van der Waals surface area contributed by atoms with E-state index in [1.807, 2.05) is 37.3 Å². The lowest BCUT2D eigenvalue weighted by Crippen LogP contribution is -2.16. The predicted octanol–water partition coefficient (Wildman–Crippen LogP) is 5.82. The first-order valence-electron chi connectivity index (χ1n) is 10.7. The molecule has 30 heavy (non-hydrogen) atoms. The van der Waals surface area contributed by atoms with E-state index in [1.54, 1.807) is 12.1 Å². The third-order valence-electron chi connectivity index (χ3n) is 4.73. The molecule has 0 N–H and O–H groups in total. The van der Waals surface area contributed by atoms with Crippen molar-refractivity contribution in [1.29, 1.82) is 0 Å². The molecule has 3 aromatic rings. The molecule has 0 radical (unpaired) electrons. The number of benzene rings is 2. The molecule has 6 heteroatoms. The van der Waals surface area contributed by atoms with Crippen molar-refractivity contribution >= 4 is 27.5 Å². The van der Waals surface area contributed by atoms with Crippen LogP contribution in [-0.2, 0) is 6.54 Å². The Balaban J connectivity index is 1.84. The summed E-state index contributed by atoms with van der Waals surface area (Å²) in [6.07, 6.45) is 4.33. The molecule has 3 rings (SSSR count). The molecule has 2 aromatic carbocycles. The first kappa shape index (κ1) is 22.1. The molecule has 0 atom stereocenters. The number of aryl methyl sites for hydroxylation is 1. The Morgan fingerprint density at radius 1 is 0.967 bits per heavy atom. The summed E-state index contributed by atoms with van der Waals surface area (Å²) in [4.78, 5) is 17.9. The molecule has 0 saturated heterocycles. The number of hydrogen-bond acceptors (Lipinski definition) is 4. The third-order valence-corrected chi connectivity index (χ3v) is 5.77. The number of nitrogens with zero attached hydrogens (tertiary/aromatic N) is 2. The Morgan fingerprint density at radius 3 is 2.43 bits per heavy atom. The molecule has 1 heterocycles. The summed E-state index contributed by atoms with van der Waals surface area (Å²) in [6.45, 7) is 8.40. The van der Waals surface area contributed by atoms with E-state index in [4.69, 9.17) is 9.47 Å². The van der Waals surface area contributed by atoms with Gasteiger partial charge in [0, 0.05) is 12.1 Å². The quantitative estimate of drug-likeness (QED) is 0.384. The SMILES string of the molecule is CCCCCOc1ccc(C(=O)N=c2sc3cc(OCC)ccc3n2CCC)cc1. The molecule has 0 aliphatic carbocycles. The van der Waals surface area contributed by atoms with Gasteiger partial charge in [-0.3, -0.25) is 4.79 Å². The number of aromatic nitrogens is 1. The van der Waals surface area contributed by atoms with Gasteiger partial charge in [-0.25, -0.2) is 0 Å². The summed E-state index contributed by atoms with van der Waals surface area (Å²) in [5.41, 5.74) is 1.64. The van der Waals surface area contributed by atoms with Crippen molar-refractivity contribution in [3.63, 3.8) is 0 Å². The van der Waals surface area contributed by atoms with E-state index >= 15 is 0 Å². The Hall–Kier alpha value is -2.60. The van der Waals surface area contributed by atoms with Gasteiger partial charge in [0.1, 0.15) is 11.5 Å². The largest absolute Gasteiger partial charge is 0.494 e. The fraction of sp³-hybridized carbons (Fsp3) is 0.417. The van der Waals surface area contributed by atoms with E-state index in [2.05, 4.69) is 23.4 Å². The Morgan fingerprint density at radius 2 is 1.73 bits per heavy atom. The van der Waals surface area contributed by atoms with Gasteiger partial charge in [0.25, 0.3) is 5.91 Å². The van der Waals surface area contributed by atoms with Crippen LogP contribution in [-0.4, -0.2) is 23.7 Å². The third kappa shape index (κ3) is 5.51. The number of carbonyl (C=O) groups is 1. The van der Waals surface area contributed by atoms with E-state index in [9.17, 15) is 4.79 Å². The molecule has 0 aliphatic rings. The van der Waals surface area contributed by atoms with Gasteiger partial charge in [0.05, 0.1) is 23.4 Å². The molecule has 5 nitrogen and oxygen atoms in total. The monoisotopic (exact) mass is 426 g/mol. The molecular formula is C24H30N2O3S. The average molecular weight is 427 g/mol. The van der Waals surface area contributed by atoms with Gasteiger partial charge in [-0.2, -0.15) is 4.99 Å². The van der Waals surface area contributed by atoms with E-state index in [0.717, 1.165) is 47.5 Å². The van der Waals surface area contributed by atoms with Crippen LogP contribution in [0.2, 0.25) is 0 Å². The first-order valence-corrected chi connectivity index (χ1v) is 11.6. The number of carbonyl (C=O) groups excluding carboxylic acids is 1. The van der Waals surface area contributed by atoms with Crippen molar-refractivity contribution in [2.75, 3.05) is 13.2 Å². The van der Waals surface area contributed by atoms with Crippen LogP contribution < -0.4 is 14.3 Å². The number of rotatable bonds is 10. The second-order valence-corrected chi connectivity index (χ2v) is 8.10. The van der Waals surface area contributed by atoms with Gasteiger partial charge < -0.3 is 14.0 Å². The van der Waals surface area contributed by atoms with Gasteiger partial charge in [0.2, 0.25) is 0 Å². The lowest BCUT2D eigenvalue weighted by Gasteiger charge is -2.06. The summed E-state index contributed by atoms with van der Waals surface area (Å²) in [7, 11) is 0. The maximum atomic E-state index is 12.8. The van der Waals surface area contributed by atoms with E-state index in [-0.39, 0.29) is 5.91 Å². The molecule has 1 aromatic heterocycles. The molecule has 160 valence electrons. The summed E-state index contributed by atoms with van der Waals surface area (Å²) in [6, 6.07) is 13.3. The molecule has 1 amide bonds. The maximum Gasteiger partial charge on any atom is 0.279 e. The van der Waals surface area contributed by atoms with Crippen LogP contribution in [0.5, 0.6) is 11.5 Å². The average Bonchev–Trinajstić information content (AvgIpc) is 3.08. The minimum atomic E-state index is -0.242. The van der Waals surface area contributed by atoms with Crippen molar-refractivity contribution in [1.82, 2.24) is 4.57 Å². The Kier molecular flexibility index (Phi) is 8.08. The minimum Gasteiger partial charge on any atom is -0.494 e. The van der Waals surface area contributed by atoms with Crippen molar-refractivity contribution in [2.45, 2.75) is 53.0 Å². The van der Waals surface area contributed by atoms with Gasteiger partial charge in [-0.05, 0) is 62.2 Å². The molecular weight excluding hydrogens is 396 g/mol. The van der Waals surface area contributed by atoms with Crippen LogP contribution in [0.1, 0.15) is 56.8 Å². The molecule has 0 saturated carbocycles. The minimum absolute atomic E-state index is 0.242. The second kappa shape index (κ2) is 11.0. The zero-order chi connectivity index (χ0) is 21.3. The highest BCUT2D eigenvalue weighted by Gasteiger charge is 2.10. The first-order chi connectivity index (χ1) is 14.7. The smallest absolute Gasteiger partial charge is 0.279 e. The van der Waals surface area contributed by atoms with Gasteiger partial charge in [-0.15, -0.1) is 0 Å². The van der Waals surface area contributed by atoms with E-state index in [1.165, 1.54) is 17.8 Å². The zero-order valence-corrected chi connectivity index (χ0v) is 18.8. The van der Waals surface area contributed by atoms with Crippen LogP contribution in [0, 0.1) is 0 Å². The summed E-state index contributed by atoms with van der Waals surface area (Å²) >= 11 is 1.52. The molecule has 0 fully saturated rings. The van der Waals surface area contributed by atoms with Crippen LogP contribution in [0.3, 0.4) is 0 Å². The van der Waals surface area contributed by atoms with Crippen molar-refractivity contribution < 1.29 is 14.3 Å². The van der Waals surface area contributed by atoms with Crippen LogP contribution in [0.25, 0.3) is 10.2 Å². The highest BCUT2D eigenvalue weighted by atomic mass is 32.1. The lowest BCUT2D eigenvalue weighted by molar-refractivity contribution is 0.0997. The fourth-order valence-electron chi connectivity index (χ4n) is 3.22. The van der Waals surface area contributed by atoms with Gasteiger partial charge in [0.15, 0.2) is 4.80 Å². The number of hydrogen-bond donors (Lipinski definition) is 0. The van der Waals surface area contributed by atoms with Crippen LogP contribution in [0.4, 0.5) is 0 Å². The number of fused-ring (bicyclic) bond motifs is 1. The molecule has 0 bridgehead atoms. The highest BCUT2D eigenvalue weighted by molar-refractivity contribution is 7.16. The maximum absolute atomic E-state index is 12.8. The normalized spacial score (nSPS) is 11.8. The molecule has 0 spiro atoms. The van der Waals surface area contributed by atoms with Crippen molar-refractivity contribution in [2.24, 2.45) is 4.99 Å². The summed E-state index contributed by atoms with van der Waals surface area (Å²) in [5, 5.41) is 0. The number of thiazole rings is 1. The highest BCUT2D eigenvalue weighted by Crippen LogP contribution is 2.24. The van der Waals surface area contributed by atoms with E-state index < -0.39 is 0 Å². The summed E-state index contributed by atoms with van der Waals surface area (Å²) in [5.74, 6) is 1.38. The molecule has 0 aliphatic heterocycles. The van der Waals surface area contributed by atoms with Gasteiger partial charge in [-0.1, -0.05) is 38.0 Å². The number of unbranched alkanes of at least 4 members (excludes halogenated alkanes) is 2. The summed E-state index contributed by atoms with van der Waals surface area (Å²) < 4.78 is 14.5. The topological polar surface area (TPSA) is 52.8 Å². The van der Waals surface area contributed by atoms with Crippen molar-refractivity contribution in [3.8, 4) is 11.5 Å². The number of amides is 1. The van der Waals surface area contributed by atoms with E-state index in [0.29, 0.717) is 23.6 Å². The van der Waals surface area contributed by atoms with Gasteiger partial charge >= 0.3 is 0 Å². The van der Waals surface area contributed by atoms with Crippen LogP contribution in [0.15, 0.2) is 47.5 Å². The Bertz CT molecular complexity index is 1030. The second-order valence-electron chi connectivity index (χ2n) is 7.10. The Labute approximate surface area is 182 Å².